The number of nitro groups is 1. The molecule has 1 fully saturated rings. The number of halogens is 1. The average Bonchev–Trinajstić information content (AvgIpc) is 0.802. The standard InChI is InChI=1S/C24H38N8O3.C23H31N7O2.C20H28BrN5O.3H2/c1-16-10-11-17(22(33)25-5)14-18(16)27-20-19(32(34)35)21(31(8)15-24(2,3)4)29-23(28-20)26-12-9-13-30(6)7;1-6-30(5)21-18(14-24)20(26-19-13-16(22(31)25-3)8-7-15(19)2)27-23(28-21)32-17-9-11-29(4)12-10-17;1-7-15-25-17(23-11-20(3,4)5)16(21)18(26-15)24-14-10-13(19(27)22-6)9-8-12(14)2;;;/h10-11,14H,9,12-13,15H2,1-8H3,(H,25,33)(H2,26,27,28,29);7-8,13,17H,6,9-12H2,1-5H3,(H,25,31)(H,26,27,28);8-10H,7,11H2,1-6H3,(H,22,27)(H2,23,24,25,26);3*1H. The van der Waals surface area contributed by atoms with Crippen molar-refractivity contribution < 1.29 is 28.3 Å². The zero-order valence-electron chi connectivity index (χ0n) is 58.2. The molecule has 0 spiro atoms. The number of likely N-dealkylation sites (tertiary alicyclic amines) is 1. The van der Waals surface area contributed by atoms with Crippen molar-refractivity contribution in [1.82, 2.24) is 55.7 Å². The number of amides is 3. The van der Waals surface area contributed by atoms with Crippen LogP contribution in [0.1, 0.15) is 138 Å². The first-order valence-electron chi connectivity index (χ1n) is 31.5. The van der Waals surface area contributed by atoms with Gasteiger partial charge in [-0.05, 0) is 154 Å². The summed E-state index contributed by atoms with van der Waals surface area (Å²) in [5.41, 5.74) is 6.50. The fourth-order valence-corrected chi connectivity index (χ4v) is 9.90. The lowest BCUT2D eigenvalue weighted by Gasteiger charge is -2.29. The van der Waals surface area contributed by atoms with Crippen LogP contribution < -0.4 is 57.1 Å². The van der Waals surface area contributed by atoms with E-state index in [4.69, 9.17) is 4.74 Å². The quantitative estimate of drug-likeness (QED) is 0.0159. The summed E-state index contributed by atoms with van der Waals surface area (Å²) in [6.45, 7) is 27.9. The number of piperidine rings is 1. The molecule has 3 aromatic heterocycles. The van der Waals surface area contributed by atoms with Crippen molar-refractivity contribution in [3.63, 3.8) is 0 Å². The summed E-state index contributed by atoms with van der Waals surface area (Å²) in [5.74, 6) is 3.08. The van der Waals surface area contributed by atoms with Gasteiger partial charge >= 0.3 is 11.7 Å². The molecule has 1 aliphatic rings. The summed E-state index contributed by atoms with van der Waals surface area (Å²) >= 11 is 3.63. The Balaban J connectivity index is 0.000000491. The summed E-state index contributed by atoms with van der Waals surface area (Å²) in [6, 6.07) is 18.5. The fraction of sp³-hybridized carbons (Fsp3) is 0.493. The van der Waals surface area contributed by atoms with E-state index in [0.29, 0.717) is 76.7 Å². The average molecular weight is 1360 g/mol. The molecule has 6 aromatic rings. The minimum atomic E-state index is -0.468. The van der Waals surface area contributed by atoms with Crippen LogP contribution in [0, 0.1) is 53.0 Å². The van der Waals surface area contributed by atoms with Gasteiger partial charge in [-0.2, -0.15) is 25.2 Å². The smallest absolute Gasteiger partial charge is 0.353 e. The molecular weight excluding hydrogens is 1260 g/mol. The van der Waals surface area contributed by atoms with Crippen molar-refractivity contribution in [2.75, 3.05) is 139 Å². The molecule has 26 nitrogen and oxygen atoms in total. The summed E-state index contributed by atoms with van der Waals surface area (Å²) in [6.07, 6.45) is 3.41. The number of nitriles is 1. The Morgan fingerprint density at radius 2 is 1.20 bits per heavy atom. The second kappa shape index (κ2) is 34.8. The third-order valence-electron chi connectivity index (χ3n) is 14.9. The number of nitrogens with zero attached hydrogens (tertiary/aromatic N) is 12. The van der Waals surface area contributed by atoms with Crippen LogP contribution in [0.2, 0.25) is 0 Å². The third-order valence-corrected chi connectivity index (χ3v) is 15.6. The van der Waals surface area contributed by atoms with Gasteiger partial charge in [0.25, 0.3) is 17.7 Å². The van der Waals surface area contributed by atoms with E-state index in [2.05, 4.69) is 153 Å². The summed E-state index contributed by atoms with van der Waals surface area (Å²) in [5, 5.41) is 46.3. The Hall–Kier alpha value is -9.00. The van der Waals surface area contributed by atoms with Gasteiger partial charge in [0.15, 0.2) is 17.5 Å². The van der Waals surface area contributed by atoms with E-state index in [1.54, 1.807) is 63.4 Å². The molecule has 1 saturated heterocycles. The molecule has 94 heavy (non-hydrogen) atoms. The number of anilines is 10. The zero-order valence-corrected chi connectivity index (χ0v) is 59.8. The molecule has 0 radical (unpaired) electrons. The van der Waals surface area contributed by atoms with Gasteiger partial charge in [0.2, 0.25) is 17.6 Å². The number of rotatable bonds is 24. The van der Waals surface area contributed by atoms with Gasteiger partial charge in [0.05, 0.1) is 4.92 Å². The van der Waals surface area contributed by atoms with Gasteiger partial charge in [-0.1, -0.05) is 66.7 Å². The van der Waals surface area contributed by atoms with E-state index in [9.17, 15) is 29.8 Å². The highest BCUT2D eigenvalue weighted by molar-refractivity contribution is 9.10. The van der Waals surface area contributed by atoms with E-state index < -0.39 is 4.92 Å². The predicted octanol–water partition coefficient (Wildman–Crippen LogP) is 11.7. The number of aryl methyl sites for hydroxylation is 4. The van der Waals surface area contributed by atoms with Crippen LogP contribution in [0.15, 0.2) is 59.1 Å². The number of benzene rings is 3. The van der Waals surface area contributed by atoms with E-state index in [1.165, 1.54) is 0 Å². The first kappa shape index (κ1) is 75.7. The van der Waals surface area contributed by atoms with Gasteiger partial charge in [0.1, 0.15) is 33.9 Å². The Labute approximate surface area is 567 Å². The highest BCUT2D eigenvalue weighted by Gasteiger charge is 2.31. The van der Waals surface area contributed by atoms with E-state index in [0.717, 1.165) is 90.4 Å². The summed E-state index contributed by atoms with van der Waals surface area (Å²) in [7, 11) is 14.5. The number of aromatic nitrogens is 6. The van der Waals surface area contributed by atoms with Gasteiger partial charge in [-0.3, -0.25) is 24.5 Å². The maximum atomic E-state index is 12.2. The molecule has 3 amide bonds. The van der Waals surface area contributed by atoms with Crippen LogP contribution in [-0.2, 0) is 6.42 Å². The Morgan fingerprint density at radius 1 is 0.702 bits per heavy atom. The SMILES string of the molecule is CCN(C)c1nc(OC2CCN(C)CC2)nc(Nc2cc(C(=O)NC)ccc2C)c1C#N.CCc1nc(NCC(C)(C)C)c(Br)c(Nc2cc(C(=O)NC)ccc2C)n1.CNC(=O)c1ccc(C)c(Nc2nc(NCCCN(C)C)nc(N(C)CC(C)(C)C)c2[N+](=O)[O-])c1.[HH].[HH].[HH]. The number of hydrogen-bond acceptors (Lipinski definition) is 22. The van der Waals surface area contributed by atoms with Crippen molar-refractivity contribution in [2.45, 2.75) is 108 Å². The van der Waals surface area contributed by atoms with Crippen LogP contribution in [0.4, 0.5) is 63.6 Å². The highest BCUT2D eigenvalue weighted by atomic mass is 79.9. The molecule has 3 aromatic carbocycles. The number of carbonyl (C=O) groups excluding carboxylic acids is 3. The molecule has 27 heteroatoms. The van der Waals surface area contributed by atoms with E-state index >= 15 is 0 Å². The second-order valence-electron chi connectivity index (χ2n) is 25.7. The van der Waals surface area contributed by atoms with E-state index in [1.807, 2.05) is 84.9 Å². The van der Waals surface area contributed by atoms with E-state index in [-0.39, 0.29) is 62.3 Å². The highest BCUT2D eigenvalue weighted by Crippen LogP contribution is 2.38. The molecule has 1 aliphatic heterocycles. The number of ether oxygens (including phenoxy) is 1. The summed E-state index contributed by atoms with van der Waals surface area (Å²) in [4.78, 5) is 83.3. The molecule has 4 heterocycles. The van der Waals surface area contributed by atoms with Gasteiger partial charge in [-0.15, -0.1) is 0 Å². The molecule has 0 unspecified atom stereocenters. The molecule has 0 bridgehead atoms. The minimum Gasteiger partial charge on any atom is -0.460 e. The Morgan fingerprint density at radius 3 is 1.65 bits per heavy atom. The first-order chi connectivity index (χ1) is 44.3. The molecule has 0 aliphatic carbocycles. The van der Waals surface area contributed by atoms with Crippen LogP contribution in [0.5, 0.6) is 6.01 Å². The molecule has 0 atom stereocenters. The lowest BCUT2D eigenvalue weighted by Crippen LogP contribution is -2.36. The van der Waals surface area contributed by atoms with Crippen molar-refractivity contribution in [1.29, 1.82) is 5.26 Å². The van der Waals surface area contributed by atoms with Gasteiger partial charge in [0, 0.05) is 119 Å². The van der Waals surface area contributed by atoms with Crippen molar-refractivity contribution in [3.05, 3.63) is 114 Å². The van der Waals surface area contributed by atoms with Crippen molar-refractivity contribution in [2.24, 2.45) is 10.8 Å². The Bertz CT molecular complexity index is 3650. The van der Waals surface area contributed by atoms with Crippen molar-refractivity contribution in [3.8, 4) is 12.1 Å². The largest absolute Gasteiger partial charge is 0.460 e. The number of nitrogens with one attached hydrogen (secondary N) is 8. The lowest BCUT2D eigenvalue weighted by atomic mass is 9.96. The van der Waals surface area contributed by atoms with Crippen LogP contribution in [-0.4, -0.2) is 171 Å². The molecule has 0 saturated carbocycles. The minimum absolute atomic E-state index is 0. The van der Waals surface area contributed by atoms with Crippen molar-refractivity contribution >= 4 is 97.3 Å². The summed E-state index contributed by atoms with van der Waals surface area (Å²) < 4.78 is 6.91. The Kier molecular flexibility index (Phi) is 28.0. The number of hydrogen-bond donors (Lipinski definition) is 8. The molecular formula is C67H103BrN20O6. The maximum absolute atomic E-state index is 12.2. The maximum Gasteiger partial charge on any atom is 0.353 e. The first-order valence-corrected chi connectivity index (χ1v) is 32.3. The molecule has 514 valence electrons. The van der Waals surface area contributed by atoms with Crippen LogP contribution in [0.25, 0.3) is 0 Å². The van der Waals surface area contributed by atoms with Gasteiger partial charge < -0.3 is 66.9 Å². The number of carbonyl (C=O) groups is 3. The van der Waals surface area contributed by atoms with Crippen LogP contribution >= 0.6 is 15.9 Å². The monoisotopic (exact) mass is 1360 g/mol. The molecule has 7 rings (SSSR count). The lowest BCUT2D eigenvalue weighted by molar-refractivity contribution is -0.383. The van der Waals surface area contributed by atoms with Crippen LogP contribution in [0.3, 0.4) is 0 Å². The second-order valence-corrected chi connectivity index (χ2v) is 26.5. The van der Waals surface area contributed by atoms with Gasteiger partial charge in [-0.25, -0.2) is 9.97 Å². The predicted molar refractivity (Wildman–Crippen MR) is 387 cm³/mol. The molecule has 8 N–H and O–H groups in total. The third kappa shape index (κ3) is 22.4. The zero-order chi connectivity index (χ0) is 69.8. The normalized spacial score (nSPS) is 12.4. The fourth-order valence-electron chi connectivity index (χ4n) is 9.49. The topological polar surface area (TPSA) is 314 Å².